The Kier molecular flexibility index (Phi) is 4.34. The van der Waals surface area contributed by atoms with E-state index >= 15 is 0 Å². The fourth-order valence-electron chi connectivity index (χ4n) is 2.04. The smallest absolute Gasteiger partial charge is 0.270 e. The lowest BCUT2D eigenvalue weighted by molar-refractivity contribution is 0.936. The van der Waals surface area contributed by atoms with E-state index < -0.39 is 5.56 Å². The molecule has 2 rings (SSSR count). The lowest BCUT2D eigenvalue weighted by Crippen LogP contribution is -2.15. The molecule has 1 heterocycles. The van der Waals surface area contributed by atoms with Crippen molar-refractivity contribution in [2.45, 2.75) is 12.1 Å². The van der Waals surface area contributed by atoms with Crippen molar-refractivity contribution >= 4 is 17.4 Å². The molecule has 0 fully saturated rings. The Morgan fingerprint density at radius 2 is 2.10 bits per heavy atom. The number of thioether (sulfide) groups is 1. The van der Waals surface area contributed by atoms with E-state index in [4.69, 9.17) is 0 Å². The van der Waals surface area contributed by atoms with Crippen molar-refractivity contribution in [3.8, 4) is 17.3 Å². The van der Waals surface area contributed by atoms with Crippen LogP contribution in [0.3, 0.4) is 0 Å². The molecule has 0 saturated carbocycles. The van der Waals surface area contributed by atoms with Gasteiger partial charge in [-0.05, 0) is 30.9 Å². The van der Waals surface area contributed by atoms with Crippen molar-refractivity contribution in [3.63, 3.8) is 0 Å². The average Bonchev–Trinajstić information content (AvgIpc) is 2.46. The Hall–Kier alpha value is -2.26. The minimum atomic E-state index is -0.400. The van der Waals surface area contributed by atoms with E-state index in [9.17, 15) is 10.1 Å². The molecular weight excluding hydrogens is 284 g/mol. The summed E-state index contributed by atoms with van der Waals surface area (Å²) in [6, 6.07) is 7.81. The molecule has 0 aliphatic rings. The van der Waals surface area contributed by atoms with Crippen LogP contribution in [0, 0.1) is 18.3 Å². The van der Waals surface area contributed by atoms with Crippen LogP contribution in [0.5, 0.6) is 0 Å². The Morgan fingerprint density at radius 1 is 1.38 bits per heavy atom. The van der Waals surface area contributed by atoms with Crippen molar-refractivity contribution in [1.82, 2.24) is 9.97 Å². The number of benzene rings is 1. The molecule has 21 heavy (non-hydrogen) atoms. The summed E-state index contributed by atoms with van der Waals surface area (Å²) in [4.78, 5) is 21.0. The van der Waals surface area contributed by atoms with Crippen LogP contribution in [0.15, 0.2) is 28.2 Å². The van der Waals surface area contributed by atoms with Crippen molar-refractivity contribution in [2.75, 3.05) is 25.3 Å². The number of nitriles is 1. The van der Waals surface area contributed by atoms with E-state index in [0.717, 1.165) is 16.8 Å². The molecule has 108 valence electrons. The molecule has 1 aromatic carbocycles. The monoisotopic (exact) mass is 300 g/mol. The Balaban J connectivity index is 2.69. The van der Waals surface area contributed by atoms with Gasteiger partial charge in [-0.15, -0.1) is 0 Å². The number of aromatic nitrogens is 2. The van der Waals surface area contributed by atoms with Crippen LogP contribution in [0.25, 0.3) is 11.3 Å². The van der Waals surface area contributed by atoms with E-state index in [-0.39, 0.29) is 5.56 Å². The first kappa shape index (κ1) is 15.1. The maximum Gasteiger partial charge on any atom is 0.270 e. The van der Waals surface area contributed by atoms with Gasteiger partial charge in [-0.3, -0.25) is 4.79 Å². The predicted molar refractivity (Wildman–Crippen MR) is 85.9 cm³/mol. The summed E-state index contributed by atoms with van der Waals surface area (Å²) in [5, 5.41) is 9.74. The van der Waals surface area contributed by atoms with E-state index in [2.05, 4.69) is 9.97 Å². The summed E-state index contributed by atoms with van der Waals surface area (Å²) < 4.78 is 0. The number of aryl methyl sites for hydroxylation is 1. The number of rotatable bonds is 3. The van der Waals surface area contributed by atoms with Crippen molar-refractivity contribution < 1.29 is 0 Å². The standard InChI is InChI=1S/C15H16N4OS/c1-9-7-10(19(2)3)5-6-11(9)13-12(8-16)14(20)18-15(17-13)21-4/h5-7H,1-4H3,(H,17,18,20). The van der Waals surface area contributed by atoms with Crippen LogP contribution in [0.1, 0.15) is 11.1 Å². The normalized spacial score (nSPS) is 10.2. The molecule has 6 heteroatoms. The molecule has 0 saturated heterocycles. The molecule has 0 aliphatic heterocycles. The van der Waals surface area contributed by atoms with E-state index in [1.54, 1.807) is 0 Å². The number of H-pyrrole nitrogens is 1. The molecule has 0 bridgehead atoms. The van der Waals surface area contributed by atoms with Gasteiger partial charge in [0.15, 0.2) is 5.16 Å². The second-order valence-electron chi connectivity index (χ2n) is 4.80. The van der Waals surface area contributed by atoms with Gasteiger partial charge < -0.3 is 9.88 Å². The zero-order valence-electron chi connectivity index (χ0n) is 12.4. The molecule has 5 nitrogen and oxygen atoms in total. The second-order valence-corrected chi connectivity index (χ2v) is 5.60. The minimum Gasteiger partial charge on any atom is -0.378 e. The maximum absolute atomic E-state index is 12.0. The highest BCUT2D eigenvalue weighted by molar-refractivity contribution is 7.98. The van der Waals surface area contributed by atoms with Gasteiger partial charge in [-0.1, -0.05) is 17.8 Å². The van der Waals surface area contributed by atoms with Crippen molar-refractivity contribution in [1.29, 1.82) is 5.26 Å². The highest BCUT2D eigenvalue weighted by Gasteiger charge is 2.15. The highest BCUT2D eigenvalue weighted by Crippen LogP contribution is 2.27. The van der Waals surface area contributed by atoms with Gasteiger partial charge in [0.05, 0.1) is 5.69 Å². The largest absolute Gasteiger partial charge is 0.378 e. The summed E-state index contributed by atoms with van der Waals surface area (Å²) in [6.45, 7) is 1.95. The predicted octanol–water partition coefficient (Wildman–Crippen LogP) is 2.40. The maximum atomic E-state index is 12.0. The molecule has 2 aromatic rings. The summed E-state index contributed by atoms with van der Waals surface area (Å²) in [5.74, 6) is 0. The van der Waals surface area contributed by atoms with E-state index in [1.807, 2.05) is 56.4 Å². The Bertz CT molecular complexity index is 774. The minimum absolute atomic E-state index is 0.0495. The van der Waals surface area contributed by atoms with Gasteiger partial charge in [0.2, 0.25) is 0 Å². The van der Waals surface area contributed by atoms with Crippen molar-refractivity contribution in [2.24, 2.45) is 0 Å². The molecule has 1 aromatic heterocycles. The summed E-state index contributed by atoms with van der Waals surface area (Å²) in [5.41, 5.74) is 2.93. The SMILES string of the molecule is CSc1nc(-c2ccc(N(C)C)cc2C)c(C#N)c(=O)[nH]1. The molecule has 0 radical (unpaired) electrons. The lowest BCUT2D eigenvalue weighted by Gasteiger charge is -2.15. The number of anilines is 1. The molecule has 0 amide bonds. The average molecular weight is 300 g/mol. The quantitative estimate of drug-likeness (QED) is 0.696. The number of hydrogen-bond acceptors (Lipinski definition) is 5. The highest BCUT2D eigenvalue weighted by atomic mass is 32.2. The van der Waals surface area contributed by atoms with Crippen LogP contribution >= 0.6 is 11.8 Å². The molecule has 0 atom stereocenters. The van der Waals surface area contributed by atoms with Gasteiger partial charge in [-0.2, -0.15) is 5.26 Å². The lowest BCUT2D eigenvalue weighted by atomic mass is 10.0. The second kappa shape index (κ2) is 6.02. The Morgan fingerprint density at radius 3 is 2.62 bits per heavy atom. The van der Waals surface area contributed by atoms with Gasteiger partial charge in [0.1, 0.15) is 11.6 Å². The first-order chi connectivity index (χ1) is 9.97. The van der Waals surface area contributed by atoms with Gasteiger partial charge in [0.25, 0.3) is 5.56 Å². The molecule has 0 unspecified atom stereocenters. The third kappa shape index (κ3) is 2.93. The van der Waals surface area contributed by atoms with Gasteiger partial charge in [-0.25, -0.2) is 4.98 Å². The Labute approximate surface area is 127 Å². The number of aromatic amines is 1. The third-order valence-corrected chi connectivity index (χ3v) is 3.76. The van der Waals surface area contributed by atoms with Gasteiger partial charge >= 0.3 is 0 Å². The van der Waals surface area contributed by atoms with Gasteiger partial charge in [0, 0.05) is 25.3 Å². The first-order valence-corrected chi connectivity index (χ1v) is 7.57. The molecule has 0 spiro atoms. The fourth-order valence-corrected chi connectivity index (χ4v) is 2.42. The van der Waals surface area contributed by atoms with Crippen LogP contribution in [-0.4, -0.2) is 30.3 Å². The fraction of sp³-hybridized carbons (Fsp3) is 0.267. The number of nitrogens with one attached hydrogen (secondary N) is 1. The van der Waals surface area contributed by atoms with Crippen LogP contribution in [-0.2, 0) is 0 Å². The first-order valence-electron chi connectivity index (χ1n) is 6.34. The molecule has 0 aliphatic carbocycles. The van der Waals surface area contributed by atoms with Crippen LogP contribution < -0.4 is 10.5 Å². The summed E-state index contributed by atoms with van der Waals surface area (Å²) in [7, 11) is 3.93. The summed E-state index contributed by atoms with van der Waals surface area (Å²) >= 11 is 1.34. The molecule has 1 N–H and O–H groups in total. The van der Waals surface area contributed by atoms with E-state index in [1.165, 1.54) is 11.8 Å². The third-order valence-electron chi connectivity index (χ3n) is 3.18. The zero-order valence-corrected chi connectivity index (χ0v) is 13.2. The molecular formula is C15H16N4OS. The van der Waals surface area contributed by atoms with E-state index in [0.29, 0.717) is 10.9 Å². The zero-order chi connectivity index (χ0) is 15.6. The number of hydrogen-bond donors (Lipinski definition) is 1. The van der Waals surface area contributed by atoms with Crippen LogP contribution in [0.4, 0.5) is 5.69 Å². The van der Waals surface area contributed by atoms with Crippen molar-refractivity contribution in [3.05, 3.63) is 39.7 Å². The topological polar surface area (TPSA) is 72.8 Å². The summed E-state index contributed by atoms with van der Waals surface area (Å²) in [6.07, 6.45) is 1.83. The number of nitrogens with zero attached hydrogens (tertiary/aromatic N) is 3. The van der Waals surface area contributed by atoms with Crippen LogP contribution in [0.2, 0.25) is 0 Å².